The predicted octanol–water partition coefficient (Wildman–Crippen LogP) is 1.45. The van der Waals surface area contributed by atoms with E-state index >= 15 is 0 Å². The molecule has 6 heteroatoms. The van der Waals surface area contributed by atoms with Crippen molar-refractivity contribution in [1.29, 1.82) is 0 Å². The fraction of sp³-hybridized carbons (Fsp3) is 0.429. The van der Waals surface area contributed by atoms with Gasteiger partial charge in [0.1, 0.15) is 4.60 Å². The highest BCUT2D eigenvalue weighted by atomic mass is 79.9. The zero-order valence-electron chi connectivity index (χ0n) is 7.13. The zero-order valence-corrected chi connectivity index (χ0v) is 9.54. The Balaban J connectivity index is 2.24. The number of amides is 1. The molecule has 4 nitrogen and oxygen atoms in total. The molecule has 1 rings (SSSR count). The third-order valence-corrected chi connectivity index (χ3v) is 2.89. The summed E-state index contributed by atoms with van der Waals surface area (Å²) in [4.78, 5) is 15.0. The van der Waals surface area contributed by atoms with Crippen LogP contribution in [0, 0.1) is 0 Å². The zero-order chi connectivity index (χ0) is 9.68. The van der Waals surface area contributed by atoms with Crippen molar-refractivity contribution in [2.24, 2.45) is 0 Å². The molecule has 72 valence electrons. The SMILES string of the molecule is CNC(=O)CCNc1nc(Br)cs1. The van der Waals surface area contributed by atoms with Gasteiger partial charge >= 0.3 is 0 Å². The number of carbonyl (C=O) groups is 1. The van der Waals surface area contributed by atoms with Crippen molar-refractivity contribution in [1.82, 2.24) is 10.3 Å². The van der Waals surface area contributed by atoms with Crippen LogP contribution >= 0.6 is 27.3 Å². The molecule has 0 unspecified atom stereocenters. The maximum Gasteiger partial charge on any atom is 0.221 e. The highest BCUT2D eigenvalue weighted by Crippen LogP contribution is 2.18. The maximum atomic E-state index is 10.8. The predicted molar refractivity (Wildman–Crippen MR) is 57.0 cm³/mol. The minimum Gasteiger partial charge on any atom is -0.361 e. The Bertz CT molecular complexity index is 289. The van der Waals surface area contributed by atoms with Gasteiger partial charge in [0.2, 0.25) is 5.91 Å². The van der Waals surface area contributed by atoms with Crippen molar-refractivity contribution < 1.29 is 4.79 Å². The van der Waals surface area contributed by atoms with Crippen LogP contribution < -0.4 is 10.6 Å². The van der Waals surface area contributed by atoms with Gasteiger partial charge in [0.15, 0.2) is 5.13 Å². The number of hydrogen-bond donors (Lipinski definition) is 2. The summed E-state index contributed by atoms with van der Waals surface area (Å²) in [6.45, 7) is 0.611. The first-order chi connectivity index (χ1) is 6.22. The summed E-state index contributed by atoms with van der Waals surface area (Å²) in [7, 11) is 1.63. The lowest BCUT2D eigenvalue weighted by Gasteiger charge is -2.00. The molecule has 0 spiro atoms. The Hall–Kier alpha value is -0.620. The van der Waals surface area contributed by atoms with Gasteiger partial charge in [-0.25, -0.2) is 4.98 Å². The molecule has 0 atom stereocenters. The lowest BCUT2D eigenvalue weighted by molar-refractivity contribution is -0.120. The van der Waals surface area contributed by atoms with E-state index in [0.29, 0.717) is 13.0 Å². The molecule has 0 radical (unpaired) electrons. The molecule has 0 bridgehead atoms. The second-order valence-corrected chi connectivity index (χ2v) is 4.00. The third-order valence-electron chi connectivity index (χ3n) is 1.38. The lowest BCUT2D eigenvalue weighted by atomic mass is 10.4. The minimum absolute atomic E-state index is 0.0307. The van der Waals surface area contributed by atoms with Crippen LogP contribution in [0.3, 0.4) is 0 Å². The molecule has 13 heavy (non-hydrogen) atoms. The summed E-state index contributed by atoms with van der Waals surface area (Å²) < 4.78 is 0.819. The van der Waals surface area contributed by atoms with Gasteiger partial charge in [0.25, 0.3) is 0 Å². The number of rotatable bonds is 4. The number of carbonyl (C=O) groups excluding carboxylic acids is 1. The van der Waals surface area contributed by atoms with Crippen molar-refractivity contribution >= 4 is 38.3 Å². The van der Waals surface area contributed by atoms with Crippen LogP contribution in [0.2, 0.25) is 0 Å². The van der Waals surface area contributed by atoms with E-state index in [9.17, 15) is 4.79 Å². The first-order valence-electron chi connectivity index (χ1n) is 3.78. The molecule has 1 aromatic rings. The molecule has 1 heterocycles. The van der Waals surface area contributed by atoms with Crippen molar-refractivity contribution in [3.63, 3.8) is 0 Å². The van der Waals surface area contributed by atoms with Crippen molar-refractivity contribution in [3.8, 4) is 0 Å². The monoisotopic (exact) mass is 263 g/mol. The van der Waals surface area contributed by atoms with Gasteiger partial charge < -0.3 is 10.6 Å². The Morgan fingerprint density at radius 1 is 1.77 bits per heavy atom. The molecule has 0 aliphatic heterocycles. The Labute approximate surface area is 88.9 Å². The summed E-state index contributed by atoms with van der Waals surface area (Å²) >= 11 is 4.75. The van der Waals surface area contributed by atoms with E-state index in [-0.39, 0.29) is 5.91 Å². The fourth-order valence-corrected chi connectivity index (χ4v) is 1.92. The quantitative estimate of drug-likeness (QED) is 0.865. The van der Waals surface area contributed by atoms with Crippen molar-refractivity contribution in [3.05, 3.63) is 9.98 Å². The van der Waals surface area contributed by atoms with Gasteiger partial charge in [-0.05, 0) is 15.9 Å². The molecule has 0 saturated heterocycles. The Kier molecular flexibility index (Phi) is 4.17. The standard InChI is InChI=1S/C7H10BrN3OS/c1-9-6(12)2-3-10-7-11-5(8)4-13-7/h4H,2-3H2,1H3,(H,9,12)(H,10,11). The summed E-state index contributed by atoms with van der Waals surface area (Å²) in [5.74, 6) is 0.0307. The Morgan fingerprint density at radius 3 is 3.08 bits per heavy atom. The van der Waals surface area contributed by atoms with Gasteiger partial charge in [-0.15, -0.1) is 11.3 Å². The molecule has 0 aliphatic carbocycles. The van der Waals surface area contributed by atoms with E-state index < -0.39 is 0 Å². The Morgan fingerprint density at radius 2 is 2.54 bits per heavy atom. The average molecular weight is 264 g/mol. The summed E-state index contributed by atoms with van der Waals surface area (Å²) in [6.07, 6.45) is 0.466. The summed E-state index contributed by atoms with van der Waals surface area (Å²) in [6, 6.07) is 0. The van der Waals surface area contributed by atoms with E-state index in [0.717, 1.165) is 9.73 Å². The third kappa shape index (κ3) is 3.73. The van der Waals surface area contributed by atoms with Crippen molar-refractivity contribution in [2.45, 2.75) is 6.42 Å². The molecule has 0 fully saturated rings. The molecule has 1 amide bonds. The van der Waals surface area contributed by atoms with Crippen LogP contribution in [0.25, 0.3) is 0 Å². The molecular formula is C7H10BrN3OS. The number of aromatic nitrogens is 1. The number of halogens is 1. The topological polar surface area (TPSA) is 54.0 Å². The first-order valence-corrected chi connectivity index (χ1v) is 5.45. The largest absolute Gasteiger partial charge is 0.361 e. The number of nitrogens with one attached hydrogen (secondary N) is 2. The maximum absolute atomic E-state index is 10.8. The van der Waals surface area contributed by atoms with Gasteiger partial charge in [-0.3, -0.25) is 4.79 Å². The van der Waals surface area contributed by atoms with Crippen LogP contribution in [-0.4, -0.2) is 24.5 Å². The van der Waals surface area contributed by atoms with E-state index in [4.69, 9.17) is 0 Å². The molecular weight excluding hydrogens is 254 g/mol. The highest BCUT2D eigenvalue weighted by molar-refractivity contribution is 9.10. The van der Waals surface area contributed by atoms with Crippen LogP contribution in [0.15, 0.2) is 9.98 Å². The smallest absolute Gasteiger partial charge is 0.221 e. The van der Waals surface area contributed by atoms with Gasteiger partial charge in [0.05, 0.1) is 0 Å². The van der Waals surface area contributed by atoms with Crippen molar-refractivity contribution in [2.75, 3.05) is 18.9 Å². The normalized spacial score (nSPS) is 9.69. The fourth-order valence-electron chi connectivity index (χ4n) is 0.743. The molecule has 0 aromatic carbocycles. The van der Waals surface area contributed by atoms with E-state index in [1.165, 1.54) is 11.3 Å². The van der Waals surface area contributed by atoms with Crippen LogP contribution in [0.1, 0.15) is 6.42 Å². The second kappa shape index (κ2) is 5.18. The molecule has 2 N–H and O–H groups in total. The minimum atomic E-state index is 0.0307. The lowest BCUT2D eigenvalue weighted by Crippen LogP contribution is -2.20. The number of thiazole rings is 1. The number of nitrogens with zero attached hydrogens (tertiary/aromatic N) is 1. The van der Waals surface area contributed by atoms with Gasteiger partial charge in [-0.2, -0.15) is 0 Å². The average Bonchev–Trinajstić information content (AvgIpc) is 2.51. The highest BCUT2D eigenvalue weighted by Gasteiger charge is 2.00. The van der Waals surface area contributed by atoms with Gasteiger partial charge in [0, 0.05) is 25.4 Å². The van der Waals surface area contributed by atoms with E-state index in [1.54, 1.807) is 7.05 Å². The second-order valence-electron chi connectivity index (χ2n) is 2.33. The molecule has 0 saturated carbocycles. The van der Waals surface area contributed by atoms with E-state index in [2.05, 4.69) is 31.5 Å². The van der Waals surface area contributed by atoms with Gasteiger partial charge in [-0.1, -0.05) is 0 Å². The van der Waals surface area contributed by atoms with Crippen LogP contribution in [-0.2, 0) is 4.79 Å². The molecule has 1 aromatic heterocycles. The molecule has 0 aliphatic rings. The van der Waals surface area contributed by atoms with Crippen LogP contribution in [0.4, 0.5) is 5.13 Å². The number of hydrogen-bond acceptors (Lipinski definition) is 4. The summed E-state index contributed by atoms with van der Waals surface area (Å²) in [5, 5.41) is 8.32. The summed E-state index contributed by atoms with van der Waals surface area (Å²) in [5.41, 5.74) is 0. The van der Waals surface area contributed by atoms with E-state index in [1.807, 2.05) is 5.38 Å². The first kappa shape index (κ1) is 10.5. The number of anilines is 1. The van der Waals surface area contributed by atoms with Crippen LogP contribution in [0.5, 0.6) is 0 Å².